The number of nitrogens with one attached hydrogen (secondary N) is 1. The lowest BCUT2D eigenvalue weighted by Gasteiger charge is -2.14. The summed E-state index contributed by atoms with van der Waals surface area (Å²) in [5, 5.41) is 11.6. The van der Waals surface area contributed by atoms with Crippen LogP contribution in [-0.2, 0) is 4.79 Å². The minimum atomic E-state index is -0.989. The van der Waals surface area contributed by atoms with Crippen LogP contribution < -0.4 is 5.32 Å². The van der Waals surface area contributed by atoms with E-state index < -0.39 is 12.0 Å². The summed E-state index contributed by atoms with van der Waals surface area (Å²) in [6.45, 7) is 3.95. The van der Waals surface area contributed by atoms with Gasteiger partial charge >= 0.3 is 5.97 Å². The van der Waals surface area contributed by atoms with E-state index in [0.717, 1.165) is 17.1 Å². The molecule has 0 heterocycles. The molecule has 19 heavy (non-hydrogen) atoms. The summed E-state index contributed by atoms with van der Waals surface area (Å²) >= 11 is 1.66. The maximum absolute atomic E-state index is 11.9. The number of aryl methyl sites for hydroxylation is 1. The number of aliphatic carboxylic acids is 1. The largest absolute Gasteiger partial charge is 0.480 e. The van der Waals surface area contributed by atoms with Gasteiger partial charge in [-0.3, -0.25) is 4.79 Å². The standard InChI is InChI=1S/C14H19NO3S/c1-3-19-9-8-12(14(17)18)15-13(16)11-6-4-10(2)5-7-11/h4-7,12H,3,8-9H2,1-2H3,(H,15,16)(H,17,18). The van der Waals surface area contributed by atoms with Crippen LogP contribution in [0.3, 0.4) is 0 Å². The van der Waals surface area contributed by atoms with Gasteiger partial charge in [0, 0.05) is 5.56 Å². The van der Waals surface area contributed by atoms with Crippen molar-refractivity contribution in [3.05, 3.63) is 35.4 Å². The summed E-state index contributed by atoms with van der Waals surface area (Å²) in [7, 11) is 0. The minimum absolute atomic E-state index is 0.339. The van der Waals surface area contributed by atoms with Crippen LogP contribution in [0.1, 0.15) is 29.3 Å². The van der Waals surface area contributed by atoms with E-state index in [1.54, 1.807) is 23.9 Å². The molecule has 0 saturated heterocycles. The van der Waals surface area contributed by atoms with Gasteiger partial charge < -0.3 is 10.4 Å². The summed E-state index contributed by atoms with van der Waals surface area (Å²) in [5.74, 6) is 0.339. The van der Waals surface area contributed by atoms with Gasteiger partial charge in [0.25, 0.3) is 5.91 Å². The third kappa shape index (κ3) is 5.34. The summed E-state index contributed by atoms with van der Waals surface area (Å²) in [6.07, 6.45) is 0.436. The average Bonchev–Trinajstić information content (AvgIpc) is 2.38. The molecule has 4 nitrogen and oxygen atoms in total. The van der Waals surface area contributed by atoms with E-state index in [2.05, 4.69) is 5.32 Å². The number of amides is 1. The van der Waals surface area contributed by atoms with E-state index in [1.165, 1.54) is 0 Å². The molecular formula is C14H19NO3S. The van der Waals surface area contributed by atoms with Crippen molar-refractivity contribution >= 4 is 23.6 Å². The van der Waals surface area contributed by atoms with Gasteiger partial charge in [0.05, 0.1) is 0 Å². The van der Waals surface area contributed by atoms with Crippen molar-refractivity contribution in [3.63, 3.8) is 0 Å². The first-order chi connectivity index (χ1) is 9.04. The molecule has 1 rings (SSSR count). The molecule has 0 aliphatic heterocycles. The second-order valence-corrected chi connectivity index (χ2v) is 5.61. The van der Waals surface area contributed by atoms with Crippen molar-refractivity contribution in [2.75, 3.05) is 11.5 Å². The van der Waals surface area contributed by atoms with E-state index in [1.807, 2.05) is 26.0 Å². The average molecular weight is 281 g/mol. The number of carbonyl (C=O) groups is 2. The number of carboxylic acid groups (broad SMARTS) is 1. The molecule has 0 radical (unpaired) electrons. The number of hydrogen-bond acceptors (Lipinski definition) is 3. The first-order valence-corrected chi connectivity index (χ1v) is 7.38. The first-order valence-electron chi connectivity index (χ1n) is 6.22. The Bertz CT molecular complexity index is 431. The van der Waals surface area contributed by atoms with Crippen molar-refractivity contribution in [1.29, 1.82) is 0 Å². The monoisotopic (exact) mass is 281 g/mol. The Morgan fingerprint density at radius 2 is 1.95 bits per heavy atom. The molecule has 0 aromatic heterocycles. The molecule has 104 valence electrons. The predicted octanol–water partition coefficient (Wildman–Crippen LogP) is 2.32. The second kappa shape index (κ2) is 7.84. The fraction of sp³-hybridized carbons (Fsp3) is 0.429. The van der Waals surface area contributed by atoms with Crippen LogP contribution in [0.15, 0.2) is 24.3 Å². The summed E-state index contributed by atoms with van der Waals surface area (Å²) in [4.78, 5) is 23.0. The molecule has 1 atom stereocenters. The Balaban J connectivity index is 2.60. The maximum Gasteiger partial charge on any atom is 0.326 e. The Labute approximate surface area is 117 Å². The molecule has 0 aliphatic rings. The highest BCUT2D eigenvalue weighted by Crippen LogP contribution is 2.07. The third-order valence-electron chi connectivity index (χ3n) is 2.67. The van der Waals surface area contributed by atoms with E-state index in [9.17, 15) is 9.59 Å². The Morgan fingerprint density at radius 3 is 2.47 bits per heavy atom. The summed E-state index contributed by atoms with van der Waals surface area (Å²) in [6, 6.07) is 6.23. The number of rotatable bonds is 7. The molecule has 0 spiro atoms. The molecule has 1 unspecified atom stereocenters. The normalized spacial score (nSPS) is 11.9. The number of thioether (sulfide) groups is 1. The smallest absolute Gasteiger partial charge is 0.326 e. The lowest BCUT2D eigenvalue weighted by molar-refractivity contribution is -0.139. The molecule has 1 aromatic carbocycles. The topological polar surface area (TPSA) is 66.4 Å². The SMILES string of the molecule is CCSCCC(NC(=O)c1ccc(C)cc1)C(=O)O. The van der Waals surface area contributed by atoms with Gasteiger partial charge in [0.15, 0.2) is 0 Å². The fourth-order valence-electron chi connectivity index (χ4n) is 1.55. The number of carboxylic acids is 1. The van der Waals surface area contributed by atoms with Crippen LogP contribution in [0.4, 0.5) is 0 Å². The van der Waals surface area contributed by atoms with Gasteiger partial charge in [0.1, 0.15) is 6.04 Å². The Hall–Kier alpha value is -1.49. The van der Waals surface area contributed by atoms with Gasteiger partial charge in [0.2, 0.25) is 0 Å². The molecular weight excluding hydrogens is 262 g/mol. The minimum Gasteiger partial charge on any atom is -0.480 e. The van der Waals surface area contributed by atoms with Crippen LogP contribution in [0.5, 0.6) is 0 Å². The summed E-state index contributed by atoms with van der Waals surface area (Å²) in [5.41, 5.74) is 1.55. The highest BCUT2D eigenvalue weighted by Gasteiger charge is 2.20. The fourth-order valence-corrected chi connectivity index (χ4v) is 2.24. The Kier molecular flexibility index (Phi) is 6.42. The van der Waals surface area contributed by atoms with E-state index in [4.69, 9.17) is 5.11 Å². The molecule has 0 bridgehead atoms. The van der Waals surface area contributed by atoms with Crippen LogP contribution in [0.25, 0.3) is 0 Å². The molecule has 0 fully saturated rings. The van der Waals surface area contributed by atoms with Gasteiger partial charge in [-0.2, -0.15) is 11.8 Å². The zero-order valence-electron chi connectivity index (χ0n) is 11.2. The van der Waals surface area contributed by atoms with Gasteiger partial charge in [-0.1, -0.05) is 24.6 Å². The quantitative estimate of drug-likeness (QED) is 0.753. The summed E-state index contributed by atoms with van der Waals surface area (Å²) < 4.78 is 0. The highest BCUT2D eigenvalue weighted by atomic mass is 32.2. The van der Waals surface area contributed by atoms with Crippen LogP contribution in [0, 0.1) is 6.92 Å². The molecule has 1 aromatic rings. The van der Waals surface area contributed by atoms with Gasteiger partial charge in [-0.05, 0) is 37.0 Å². The third-order valence-corrected chi connectivity index (χ3v) is 3.60. The molecule has 1 amide bonds. The molecule has 2 N–H and O–H groups in total. The van der Waals surface area contributed by atoms with Crippen LogP contribution in [0.2, 0.25) is 0 Å². The number of carbonyl (C=O) groups excluding carboxylic acids is 1. The lowest BCUT2D eigenvalue weighted by Crippen LogP contribution is -2.41. The van der Waals surface area contributed by atoms with E-state index in [-0.39, 0.29) is 5.91 Å². The van der Waals surface area contributed by atoms with Gasteiger partial charge in [-0.15, -0.1) is 0 Å². The van der Waals surface area contributed by atoms with Crippen molar-refractivity contribution in [2.24, 2.45) is 0 Å². The molecule has 0 aliphatic carbocycles. The van der Waals surface area contributed by atoms with Crippen LogP contribution in [-0.4, -0.2) is 34.5 Å². The van der Waals surface area contributed by atoms with Crippen molar-refractivity contribution in [2.45, 2.75) is 26.3 Å². The zero-order valence-corrected chi connectivity index (χ0v) is 12.0. The van der Waals surface area contributed by atoms with Crippen LogP contribution >= 0.6 is 11.8 Å². The van der Waals surface area contributed by atoms with E-state index >= 15 is 0 Å². The molecule has 0 saturated carbocycles. The maximum atomic E-state index is 11.9. The second-order valence-electron chi connectivity index (χ2n) is 4.22. The first kappa shape index (κ1) is 15.6. The zero-order chi connectivity index (χ0) is 14.3. The number of benzene rings is 1. The van der Waals surface area contributed by atoms with Crippen molar-refractivity contribution < 1.29 is 14.7 Å². The van der Waals surface area contributed by atoms with Crippen molar-refractivity contribution in [3.8, 4) is 0 Å². The molecule has 5 heteroatoms. The predicted molar refractivity (Wildman–Crippen MR) is 77.7 cm³/mol. The van der Waals surface area contributed by atoms with E-state index in [0.29, 0.717) is 12.0 Å². The van der Waals surface area contributed by atoms with Gasteiger partial charge in [-0.25, -0.2) is 4.79 Å². The van der Waals surface area contributed by atoms with Crippen molar-refractivity contribution in [1.82, 2.24) is 5.32 Å². The Morgan fingerprint density at radius 1 is 1.32 bits per heavy atom. The highest BCUT2D eigenvalue weighted by molar-refractivity contribution is 7.99. The lowest BCUT2D eigenvalue weighted by atomic mass is 10.1. The number of hydrogen-bond donors (Lipinski definition) is 2.